The molecule has 90 valence electrons. The number of nitrogens with zero attached hydrogens (tertiary/aromatic N) is 2. The number of hydrogen-bond acceptors (Lipinski definition) is 2. The molecule has 16 heavy (non-hydrogen) atoms. The van der Waals surface area contributed by atoms with E-state index in [1.54, 1.807) is 6.20 Å². The first-order valence-corrected chi connectivity index (χ1v) is 6.52. The zero-order valence-electron chi connectivity index (χ0n) is 10.0. The van der Waals surface area contributed by atoms with E-state index in [4.69, 9.17) is 11.6 Å². The smallest absolute Gasteiger partial charge is 0.0817 e. The standard InChI is InChI=1S/C12H20ClN3/c1-3-16-12(11(13)8-15-16)6-10-5-4-9(2)14-7-10/h8-10,14H,3-7H2,1-2H3. The second-order valence-electron chi connectivity index (χ2n) is 4.71. The van der Waals surface area contributed by atoms with Crippen molar-refractivity contribution in [2.45, 2.75) is 45.7 Å². The SMILES string of the molecule is CCn1ncc(Cl)c1CC1CCC(C)NC1. The Labute approximate surface area is 102 Å². The van der Waals surface area contributed by atoms with Gasteiger partial charge in [-0.3, -0.25) is 4.68 Å². The van der Waals surface area contributed by atoms with Gasteiger partial charge in [-0.2, -0.15) is 5.10 Å². The van der Waals surface area contributed by atoms with E-state index in [0.717, 1.165) is 24.5 Å². The Morgan fingerprint density at radius 3 is 3.00 bits per heavy atom. The maximum atomic E-state index is 6.17. The second-order valence-corrected chi connectivity index (χ2v) is 5.12. The van der Waals surface area contributed by atoms with Crippen LogP contribution in [-0.4, -0.2) is 22.4 Å². The molecule has 2 rings (SSSR count). The number of nitrogens with one attached hydrogen (secondary N) is 1. The first-order chi connectivity index (χ1) is 7.70. The van der Waals surface area contributed by atoms with E-state index in [9.17, 15) is 0 Å². The highest BCUT2D eigenvalue weighted by molar-refractivity contribution is 6.31. The van der Waals surface area contributed by atoms with Crippen LogP contribution in [0.3, 0.4) is 0 Å². The third-order valence-corrected chi connectivity index (χ3v) is 3.76. The zero-order chi connectivity index (χ0) is 11.5. The van der Waals surface area contributed by atoms with Gasteiger partial charge >= 0.3 is 0 Å². The van der Waals surface area contributed by atoms with E-state index in [1.165, 1.54) is 18.5 Å². The van der Waals surface area contributed by atoms with Crippen LogP contribution in [0.25, 0.3) is 0 Å². The molecule has 0 aliphatic carbocycles. The topological polar surface area (TPSA) is 29.9 Å². The highest BCUT2D eigenvalue weighted by atomic mass is 35.5. The summed E-state index contributed by atoms with van der Waals surface area (Å²) in [4.78, 5) is 0. The Hall–Kier alpha value is -0.540. The van der Waals surface area contributed by atoms with Crippen LogP contribution in [-0.2, 0) is 13.0 Å². The lowest BCUT2D eigenvalue weighted by Gasteiger charge is -2.27. The minimum absolute atomic E-state index is 0.669. The van der Waals surface area contributed by atoms with Gasteiger partial charge in [-0.25, -0.2) is 0 Å². The molecule has 0 aromatic carbocycles. The summed E-state index contributed by atoms with van der Waals surface area (Å²) in [5, 5.41) is 8.63. The number of rotatable bonds is 3. The van der Waals surface area contributed by atoms with Crippen LogP contribution in [0.2, 0.25) is 5.02 Å². The Morgan fingerprint density at radius 2 is 2.38 bits per heavy atom. The van der Waals surface area contributed by atoms with Gasteiger partial charge in [0.05, 0.1) is 16.9 Å². The lowest BCUT2D eigenvalue weighted by molar-refractivity contribution is 0.317. The number of piperidine rings is 1. The summed E-state index contributed by atoms with van der Waals surface area (Å²) < 4.78 is 2.01. The van der Waals surface area contributed by atoms with Gasteiger partial charge in [-0.1, -0.05) is 11.6 Å². The molecule has 4 heteroatoms. The van der Waals surface area contributed by atoms with Gasteiger partial charge in [0.15, 0.2) is 0 Å². The molecule has 1 aliphatic rings. The summed E-state index contributed by atoms with van der Waals surface area (Å²) >= 11 is 6.17. The summed E-state index contributed by atoms with van der Waals surface area (Å²) in [6, 6.07) is 0.669. The molecule has 0 saturated carbocycles. The van der Waals surface area contributed by atoms with Crippen LogP contribution in [0.15, 0.2) is 6.20 Å². The van der Waals surface area contributed by atoms with Gasteiger partial charge in [-0.15, -0.1) is 0 Å². The zero-order valence-corrected chi connectivity index (χ0v) is 10.8. The van der Waals surface area contributed by atoms with Gasteiger partial charge in [0.25, 0.3) is 0 Å². The molecule has 2 heterocycles. The van der Waals surface area contributed by atoms with E-state index in [1.807, 2.05) is 4.68 Å². The molecule has 2 unspecified atom stereocenters. The molecular formula is C12H20ClN3. The van der Waals surface area contributed by atoms with Gasteiger partial charge in [0.2, 0.25) is 0 Å². The summed E-state index contributed by atoms with van der Waals surface area (Å²) in [6.07, 6.45) is 5.37. The van der Waals surface area contributed by atoms with Gasteiger partial charge < -0.3 is 5.32 Å². The van der Waals surface area contributed by atoms with E-state index in [0.29, 0.717) is 12.0 Å². The van der Waals surface area contributed by atoms with Crippen molar-refractivity contribution in [3.05, 3.63) is 16.9 Å². The van der Waals surface area contributed by atoms with Crippen molar-refractivity contribution >= 4 is 11.6 Å². The van der Waals surface area contributed by atoms with E-state index in [-0.39, 0.29) is 0 Å². The number of aryl methyl sites for hydroxylation is 1. The summed E-state index contributed by atoms with van der Waals surface area (Å²) in [6.45, 7) is 6.36. The molecule has 1 aromatic heterocycles. The maximum Gasteiger partial charge on any atom is 0.0817 e. The van der Waals surface area contributed by atoms with Crippen LogP contribution in [0.1, 0.15) is 32.4 Å². The van der Waals surface area contributed by atoms with Crippen molar-refractivity contribution in [2.24, 2.45) is 5.92 Å². The third kappa shape index (κ3) is 2.58. The van der Waals surface area contributed by atoms with Crippen LogP contribution in [0.5, 0.6) is 0 Å². The molecule has 0 bridgehead atoms. The van der Waals surface area contributed by atoms with Crippen LogP contribution >= 0.6 is 11.6 Å². The molecule has 1 aromatic rings. The van der Waals surface area contributed by atoms with E-state index in [2.05, 4.69) is 24.3 Å². The lowest BCUT2D eigenvalue weighted by Crippen LogP contribution is -2.37. The van der Waals surface area contributed by atoms with E-state index < -0.39 is 0 Å². The quantitative estimate of drug-likeness (QED) is 0.881. The highest BCUT2D eigenvalue weighted by Gasteiger charge is 2.20. The first-order valence-electron chi connectivity index (χ1n) is 6.14. The average Bonchev–Trinajstić information content (AvgIpc) is 2.63. The first kappa shape index (κ1) is 11.9. The normalized spacial score (nSPS) is 25.9. The van der Waals surface area contributed by atoms with Crippen molar-refractivity contribution in [1.82, 2.24) is 15.1 Å². The Kier molecular flexibility index (Phi) is 3.87. The molecule has 0 radical (unpaired) electrons. The molecule has 1 N–H and O–H groups in total. The molecule has 1 aliphatic heterocycles. The molecule has 0 amide bonds. The largest absolute Gasteiger partial charge is 0.314 e. The minimum atomic E-state index is 0.669. The summed E-state index contributed by atoms with van der Waals surface area (Å²) in [7, 11) is 0. The average molecular weight is 242 g/mol. The van der Waals surface area contributed by atoms with Gasteiger partial charge in [0.1, 0.15) is 0 Å². The predicted octanol–water partition coefficient (Wildman–Crippen LogP) is 2.49. The number of hydrogen-bond donors (Lipinski definition) is 1. The predicted molar refractivity (Wildman–Crippen MR) is 66.8 cm³/mol. The molecule has 2 atom stereocenters. The van der Waals surface area contributed by atoms with Crippen LogP contribution < -0.4 is 5.32 Å². The fourth-order valence-electron chi connectivity index (χ4n) is 2.37. The Balaban J connectivity index is 2.00. The summed E-state index contributed by atoms with van der Waals surface area (Å²) in [5.74, 6) is 0.704. The number of halogens is 1. The lowest BCUT2D eigenvalue weighted by atomic mass is 9.91. The van der Waals surface area contributed by atoms with Crippen molar-refractivity contribution in [1.29, 1.82) is 0 Å². The number of aromatic nitrogens is 2. The molecule has 3 nitrogen and oxygen atoms in total. The van der Waals surface area contributed by atoms with E-state index >= 15 is 0 Å². The van der Waals surface area contributed by atoms with Crippen molar-refractivity contribution < 1.29 is 0 Å². The molecular weight excluding hydrogens is 222 g/mol. The van der Waals surface area contributed by atoms with Crippen molar-refractivity contribution in [3.63, 3.8) is 0 Å². The molecule has 1 saturated heterocycles. The fourth-order valence-corrected chi connectivity index (χ4v) is 2.59. The molecule has 1 fully saturated rings. The summed E-state index contributed by atoms with van der Waals surface area (Å²) in [5.41, 5.74) is 1.20. The van der Waals surface area contributed by atoms with Crippen LogP contribution in [0, 0.1) is 5.92 Å². The maximum absolute atomic E-state index is 6.17. The third-order valence-electron chi connectivity index (χ3n) is 3.44. The molecule has 0 spiro atoms. The van der Waals surface area contributed by atoms with Crippen LogP contribution in [0.4, 0.5) is 0 Å². The van der Waals surface area contributed by atoms with Crippen molar-refractivity contribution in [2.75, 3.05) is 6.54 Å². The Morgan fingerprint density at radius 1 is 1.56 bits per heavy atom. The van der Waals surface area contributed by atoms with Crippen molar-refractivity contribution in [3.8, 4) is 0 Å². The fraction of sp³-hybridized carbons (Fsp3) is 0.750. The van der Waals surface area contributed by atoms with Gasteiger partial charge in [0, 0.05) is 12.6 Å². The highest BCUT2D eigenvalue weighted by Crippen LogP contribution is 2.23. The van der Waals surface area contributed by atoms with Gasteiger partial charge in [-0.05, 0) is 45.6 Å². The monoisotopic (exact) mass is 241 g/mol. The second kappa shape index (κ2) is 5.19. The Bertz CT molecular complexity index is 340. The minimum Gasteiger partial charge on any atom is -0.314 e.